The molecule has 0 aliphatic carbocycles. The molecule has 0 aliphatic rings. The molecule has 0 saturated heterocycles. The molecule has 2 aromatic heterocycles. The minimum Gasteiger partial charge on any atom is -0.461 e. The van der Waals surface area contributed by atoms with E-state index in [4.69, 9.17) is 9.47 Å². The number of ether oxygens (including phenoxy) is 2. The lowest BCUT2D eigenvalue weighted by atomic mass is 10.5. The molecule has 0 aliphatic heterocycles. The Morgan fingerprint density at radius 1 is 1.20 bits per heavy atom. The van der Waals surface area contributed by atoms with E-state index in [-0.39, 0.29) is 6.01 Å². The predicted octanol–water partition coefficient (Wildman–Crippen LogP) is 0.904. The fourth-order valence-electron chi connectivity index (χ4n) is 1.45. The number of hydrogen-bond acceptors (Lipinski definition) is 7. The molecule has 0 unspecified atom stereocenters. The van der Waals surface area contributed by atoms with Gasteiger partial charge in [0.1, 0.15) is 12.9 Å². The zero-order chi connectivity index (χ0) is 14.2. The normalized spacial score (nSPS) is 10.5. The molecule has 0 atom stereocenters. The highest BCUT2D eigenvalue weighted by Crippen LogP contribution is 2.10. The van der Waals surface area contributed by atoms with Gasteiger partial charge in [-0.05, 0) is 6.42 Å². The first-order valence-corrected chi connectivity index (χ1v) is 6.46. The number of hydrogen-bond donors (Lipinski definition) is 1. The number of imidazole rings is 1. The van der Waals surface area contributed by atoms with Gasteiger partial charge in [0.2, 0.25) is 11.9 Å². The van der Waals surface area contributed by atoms with Crippen LogP contribution in [-0.2, 0) is 4.74 Å². The van der Waals surface area contributed by atoms with Crippen molar-refractivity contribution in [3.05, 3.63) is 18.7 Å². The fraction of sp³-hybridized carbons (Fsp3) is 0.500. The number of anilines is 1. The first-order chi connectivity index (χ1) is 9.83. The molecule has 0 amide bonds. The zero-order valence-corrected chi connectivity index (χ0v) is 11.6. The van der Waals surface area contributed by atoms with Crippen molar-refractivity contribution >= 4 is 5.95 Å². The number of rotatable bonds is 8. The molecule has 0 saturated carbocycles. The highest BCUT2D eigenvalue weighted by molar-refractivity contribution is 5.29. The highest BCUT2D eigenvalue weighted by atomic mass is 16.5. The molecule has 2 rings (SSSR count). The van der Waals surface area contributed by atoms with Crippen molar-refractivity contribution in [1.29, 1.82) is 0 Å². The summed E-state index contributed by atoms with van der Waals surface area (Å²) >= 11 is 0. The average Bonchev–Trinajstić information content (AvgIpc) is 3.01. The Kier molecular flexibility index (Phi) is 5.24. The third-order valence-electron chi connectivity index (χ3n) is 2.37. The second-order valence-corrected chi connectivity index (χ2v) is 3.92. The molecular weight excluding hydrogens is 260 g/mol. The van der Waals surface area contributed by atoms with Crippen LogP contribution in [0.4, 0.5) is 5.95 Å². The van der Waals surface area contributed by atoms with Crippen molar-refractivity contribution in [1.82, 2.24) is 24.5 Å². The molecule has 8 heteroatoms. The maximum Gasteiger partial charge on any atom is 0.323 e. The Labute approximate surface area is 117 Å². The minimum absolute atomic E-state index is 0.258. The second kappa shape index (κ2) is 7.39. The summed E-state index contributed by atoms with van der Waals surface area (Å²) in [5.74, 6) is 0.888. The van der Waals surface area contributed by atoms with Crippen LogP contribution in [0.25, 0.3) is 5.95 Å². The summed E-state index contributed by atoms with van der Waals surface area (Å²) < 4.78 is 12.5. The number of nitrogens with zero attached hydrogens (tertiary/aromatic N) is 5. The third kappa shape index (κ3) is 3.89. The van der Waals surface area contributed by atoms with Crippen molar-refractivity contribution in [2.75, 3.05) is 32.2 Å². The summed E-state index contributed by atoms with van der Waals surface area (Å²) in [5, 5.41) is 2.87. The molecule has 0 bridgehead atoms. The van der Waals surface area contributed by atoms with Crippen LogP contribution < -0.4 is 10.1 Å². The maximum absolute atomic E-state index is 5.47. The van der Waals surface area contributed by atoms with E-state index < -0.39 is 0 Å². The molecule has 0 spiro atoms. The first kappa shape index (κ1) is 14.2. The SMILES string of the molecule is CCCOCCOc1nc(NC)nc(-n2ccnc2)n1. The first-order valence-electron chi connectivity index (χ1n) is 6.46. The van der Waals surface area contributed by atoms with Gasteiger partial charge in [-0.1, -0.05) is 6.92 Å². The van der Waals surface area contributed by atoms with Gasteiger partial charge in [0.05, 0.1) is 6.61 Å². The Morgan fingerprint density at radius 2 is 2.10 bits per heavy atom. The van der Waals surface area contributed by atoms with Crippen LogP contribution in [0.3, 0.4) is 0 Å². The molecule has 2 aromatic rings. The maximum atomic E-state index is 5.47. The van der Waals surface area contributed by atoms with Crippen LogP contribution in [0.2, 0.25) is 0 Å². The van der Waals surface area contributed by atoms with Crippen LogP contribution in [0.1, 0.15) is 13.3 Å². The van der Waals surface area contributed by atoms with Crippen LogP contribution in [0.15, 0.2) is 18.7 Å². The number of aromatic nitrogens is 5. The molecular formula is C12H18N6O2. The van der Waals surface area contributed by atoms with Gasteiger partial charge in [-0.2, -0.15) is 15.0 Å². The van der Waals surface area contributed by atoms with Crippen molar-refractivity contribution in [3.63, 3.8) is 0 Å². The Hall–Kier alpha value is -2.22. The largest absolute Gasteiger partial charge is 0.461 e. The van der Waals surface area contributed by atoms with Crippen molar-refractivity contribution in [2.24, 2.45) is 0 Å². The van der Waals surface area contributed by atoms with Crippen LogP contribution in [0, 0.1) is 0 Å². The summed E-state index contributed by atoms with van der Waals surface area (Å²) in [4.78, 5) is 16.6. The van der Waals surface area contributed by atoms with E-state index in [1.54, 1.807) is 30.3 Å². The summed E-state index contributed by atoms with van der Waals surface area (Å²) in [6.45, 7) is 3.69. The summed E-state index contributed by atoms with van der Waals surface area (Å²) in [5.41, 5.74) is 0. The van der Waals surface area contributed by atoms with Gasteiger partial charge in [0.15, 0.2) is 0 Å². The lowest BCUT2D eigenvalue weighted by Gasteiger charge is -2.08. The lowest BCUT2D eigenvalue weighted by molar-refractivity contribution is 0.0971. The van der Waals surface area contributed by atoms with Crippen LogP contribution >= 0.6 is 0 Å². The van der Waals surface area contributed by atoms with E-state index in [2.05, 4.69) is 32.2 Å². The quantitative estimate of drug-likeness (QED) is 0.718. The average molecular weight is 278 g/mol. The molecule has 1 N–H and O–H groups in total. The standard InChI is InChI=1S/C12H18N6O2/c1-3-6-19-7-8-20-12-16-10(13-2)15-11(17-12)18-5-4-14-9-18/h4-5,9H,3,6-8H2,1-2H3,(H,13,15,16,17). The second-order valence-electron chi connectivity index (χ2n) is 3.92. The highest BCUT2D eigenvalue weighted by Gasteiger charge is 2.08. The summed E-state index contributed by atoms with van der Waals surface area (Å²) in [6.07, 6.45) is 6.01. The Bertz CT molecular complexity index is 517. The molecule has 20 heavy (non-hydrogen) atoms. The van der Waals surface area contributed by atoms with E-state index >= 15 is 0 Å². The summed E-state index contributed by atoms with van der Waals surface area (Å²) in [7, 11) is 1.74. The molecule has 0 aromatic carbocycles. The summed E-state index contributed by atoms with van der Waals surface area (Å²) in [6, 6.07) is 0.258. The van der Waals surface area contributed by atoms with E-state index in [1.807, 2.05) is 0 Å². The van der Waals surface area contributed by atoms with E-state index in [9.17, 15) is 0 Å². The fourth-order valence-corrected chi connectivity index (χ4v) is 1.45. The smallest absolute Gasteiger partial charge is 0.323 e. The molecule has 2 heterocycles. The van der Waals surface area contributed by atoms with Gasteiger partial charge in [-0.15, -0.1) is 0 Å². The van der Waals surface area contributed by atoms with Crippen molar-refractivity contribution < 1.29 is 9.47 Å². The lowest BCUT2D eigenvalue weighted by Crippen LogP contribution is -2.12. The monoisotopic (exact) mass is 278 g/mol. The molecule has 0 radical (unpaired) electrons. The van der Waals surface area contributed by atoms with Crippen molar-refractivity contribution in [2.45, 2.75) is 13.3 Å². The molecule has 0 fully saturated rings. The van der Waals surface area contributed by atoms with Gasteiger partial charge >= 0.3 is 6.01 Å². The van der Waals surface area contributed by atoms with Gasteiger partial charge in [-0.3, -0.25) is 4.57 Å². The van der Waals surface area contributed by atoms with Crippen LogP contribution in [0.5, 0.6) is 6.01 Å². The topological polar surface area (TPSA) is 87.0 Å². The molecule has 8 nitrogen and oxygen atoms in total. The van der Waals surface area contributed by atoms with E-state index in [0.29, 0.717) is 25.1 Å². The van der Waals surface area contributed by atoms with Crippen LogP contribution in [-0.4, -0.2) is 51.4 Å². The minimum atomic E-state index is 0.258. The number of nitrogens with one attached hydrogen (secondary N) is 1. The molecule has 108 valence electrons. The zero-order valence-electron chi connectivity index (χ0n) is 11.6. The van der Waals surface area contributed by atoms with E-state index in [1.165, 1.54) is 0 Å². The van der Waals surface area contributed by atoms with E-state index in [0.717, 1.165) is 13.0 Å². The Balaban J connectivity index is 2.03. The van der Waals surface area contributed by atoms with Gasteiger partial charge in [0, 0.05) is 26.0 Å². The van der Waals surface area contributed by atoms with Gasteiger partial charge in [0.25, 0.3) is 0 Å². The van der Waals surface area contributed by atoms with Gasteiger partial charge in [-0.25, -0.2) is 4.98 Å². The van der Waals surface area contributed by atoms with Crippen molar-refractivity contribution in [3.8, 4) is 12.0 Å². The predicted molar refractivity (Wildman–Crippen MR) is 73.1 cm³/mol. The van der Waals surface area contributed by atoms with Gasteiger partial charge < -0.3 is 14.8 Å². The third-order valence-corrected chi connectivity index (χ3v) is 2.37. The Morgan fingerprint density at radius 3 is 2.80 bits per heavy atom.